The minimum Gasteiger partial charge on any atom is -0.480 e. The molecule has 0 radical (unpaired) electrons. The Morgan fingerprint density at radius 3 is 2.72 bits per heavy atom. The molecule has 4 heterocycles. The predicted molar refractivity (Wildman–Crippen MR) is 117 cm³/mol. The van der Waals surface area contributed by atoms with E-state index in [0.717, 1.165) is 38.6 Å². The van der Waals surface area contributed by atoms with Gasteiger partial charge in [-0.1, -0.05) is 46.3 Å². The van der Waals surface area contributed by atoms with Gasteiger partial charge in [0.15, 0.2) is 6.10 Å². The molecule has 6 rings (SSSR count). The first kappa shape index (κ1) is 17.0. The van der Waals surface area contributed by atoms with Crippen molar-refractivity contribution in [3.05, 3.63) is 98.4 Å². The number of halogens is 1. The van der Waals surface area contributed by atoms with Crippen molar-refractivity contribution in [1.29, 1.82) is 0 Å². The van der Waals surface area contributed by atoms with Crippen LogP contribution in [0.4, 0.5) is 5.95 Å². The summed E-state index contributed by atoms with van der Waals surface area (Å²) < 4.78 is 9.54. The highest BCUT2D eigenvalue weighted by molar-refractivity contribution is 9.10. The highest BCUT2D eigenvalue weighted by atomic mass is 79.9. The molecule has 0 bridgehead atoms. The van der Waals surface area contributed by atoms with E-state index in [1.165, 1.54) is 4.88 Å². The Morgan fingerprint density at radius 2 is 1.90 bits per heavy atom. The van der Waals surface area contributed by atoms with Crippen molar-refractivity contribution in [2.45, 2.75) is 12.1 Å². The standard InChI is InChI=1S/C22H15BrN4OS/c23-14-9-7-13(8-10-14)20-18-19(26-22-24-12-25-27(20)22)15-4-1-2-5-16(15)28-21(18)17-6-3-11-29-17/h1-12,20-21H,(H,24,25,26)/t20-,21-/m1/s1. The molecular formula is C22H15BrN4OS. The van der Waals surface area contributed by atoms with Gasteiger partial charge < -0.3 is 10.1 Å². The fourth-order valence-corrected chi connectivity index (χ4v) is 5.10. The first-order valence-electron chi connectivity index (χ1n) is 9.25. The van der Waals surface area contributed by atoms with E-state index in [-0.39, 0.29) is 12.1 Å². The maximum atomic E-state index is 6.55. The third-order valence-corrected chi connectivity index (χ3v) is 6.75. The fourth-order valence-electron chi connectivity index (χ4n) is 4.06. The molecule has 2 aliphatic rings. The van der Waals surface area contributed by atoms with Gasteiger partial charge in [-0.25, -0.2) is 4.68 Å². The summed E-state index contributed by atoms with van der Waals surface area (Å²) >= 11 is 5.25. The zero-order valence-corrected chi connectivity index (χ0v) is 17.5. The van der Waals surface area contributed by atoms with Crippen LogP contribution in [0.2, 0.25) is 0 Å². The van der Waals surface area contributed by atoms with Gasteiger partial charge in [0.1, 0.15) is 18.1 Å². The number of rotatable bonds is 2. The number of nitrogens with zero attached hydrogens (tertiary/aromatic N) is 3. The number of thiophene rings is 1. The lowest BCUT2D eigenvalue weighted by molar-refractivity contribution is 0.226. The molecule has 29 heavy (non-hydrogen) atoms. The smallest absolute Gasteiger partial charge is 0.226 e. The number of anilines is 1. The van der Waals surface area contributed by atoms with Crippen molar-refractivity contribution < 1.29 is 4.74 Å². The van der Waals surface area contributed by atoms with Gasteiger partial charge in [-0.05, 0) is 41.3 Å². The van der Waals surface area contributed by atoms with Crippen LogP contribution in [0.5, 0.6) is 5.75 Å². The molecule has 7 heteroatoms. The average molecular weight is 463 g/mol. The molecule has 2 aromatic carbocycles. The van der Waals surface area contributed by atoms with Gasteiger partial charge in [0, 0.05) is 20.5 Å². The van der Waals surface area contributed by atoms with E-state index in [9.17, 15) is 0 Å². The summed E-state index contributed by atoms with van der Waals surface area (Å²) in [5, 5.41) is 10.2. The lowest BCUT2D eigenvalue weighted by Gasteiger charge is -2.38. The monoisotopic (exact) mass is 462 g/mol. The van der Waals surface area contributed by atoms with Crippen molar-refractivity contribution in [3.8, 4) is 5.75 Å². The largest absolute Gasteiger partial charge is 0.480 e. The van der Waals surface area contributed by atoms with E-state index in [0.29, 0.717) is 0 Å². The Balaban J connectivity index is 1.64. The van der Waals surface area contributed by atoms with Crippen molar-refractivity contribution in [1.82, 2.24) is 14.8 Å². The second-order valence-corrected chi connectivity index (χ2v) is 8.84. The van der Waals surface area contributed by atoms with Gasteiger partial charge in [-0.3, -0.25) is 0 Å². The van der Waals surface area contributed by atoms with Gasteiger partial charge in [-0.2, -0.15) is 10.1 Å². The maximum Gasteiger partial charge on any atom is 0.226 e. The Hall–Kier alpha value is -2.90. The number of aromatic nitrogens is 3. The molecule has 2 aliphatic heterocycles. The summed E-state index contributed by atoms with van der Waals surface area (Å²) in [6.07, 6.45) is 1.40. The van der Waals surface area contributed by atoms with Crippen molar-refractivity contribution in [2.24, 2.45) is 0 Å². The Labute approximate surface area is 179 Å². The highest BCUT2D eigenvalue weighted by Crippen LogP contribution is 2.51. The molecule has 142 valence electrons. The molecule has 0 unspecified atom stereocenters. The number of hydrogen-bond donors (Lipinski definition) is 1. The van der Waals surface area contributed by atoms with E-state index in [4.69, 9.17) is 4.74 Å². The van der Waals surface area contributed by atoms with Gasteiger partial charge in [0.2, 0.25) is 5.95 Å². The number of ether oxygens (including phenoxy) is 1. The van der Waals surface area contributed by atoms with Crippen LogP contribution in [0.1, 0.15) is 28.1 Å². The van der Waals surface area contributed by atoms with Crippen molar-refractivity contribution in [3.63, 3.8) is 0 Å². The SMILES string of the molecule is Brc1ccc([C@@H]2C3=C(Nc4ncnn42)c2ccccc2O[C@@H]3c2cccs2)cc1. The first-order valence-corrected chi connectivity index (χ1v) is 10.9. The van der Waals surface area contributed by atoms with E-state index in [1.807, 2.05) is 22.9 Å². The minimum atomic E-state index is -0.196. The van der Waals surface area contributed by atoms with Crippen LogP contribution in [0.3, 0.4) is 0 Å². The summed E-state index contributed by atoms with van der Waals surface area (Å²) in [5.74, 6) is 1.61. The molecular weight excluding hydrogens is 448 g/mol. The summed E-state index contributed by atoms with van der Waals surface area (Å²) in [5.41, 5.74) is 4.38. The minimum absolute atomic E-state index is 0.114. The Kier molecular flexibility index (Phi) is 3.85. The molecule has 0 amide bonds. The van der Waals surface area contributed by atoms with Gasteiger partial charge >= 0.3 is 0 Å². The summed E-state index contributed by atoms with van der Waals surface area (Å²) in [4.78, 5) is 5.63. The zero-order chi connectivity index (χ0) is 19.4. The zero-order valence-electron chi connectivity index (χ0n) is 15.1. The van der Waals surface area contributed by atoms with Crippen LogP contribution in [-0.4, -0.2) is 14.8 Å². The van der Waals surface area contributed by atoms with Crippen LogP contribution in [0.15, 0.2) is 82.4 Å². The molecule has 0 saturated carbocycles. The van der Waals surface area contributed by atoms with Crippen molar-refractivity contribution >= 4 is 38.9 Å². The summed E-state index contributed by atoms with van der Waals surface area (Å²) in [7, 11) is 0. The summed E-state index contributed by atoms with van der Waals surface area (Å²) in [6.45, 7) is 0. The molecule has 0 aliphatic carbocycles. The second kappa shape index (κ2) is 6.57. The predicted octanol–water partition coefficient (Wildman–Crippen LogP) is 5.66. The molecule has 1 N–H and O–H groups in total. The van der Waals surface area contributed by atoms with E-state index in [1.54, 1.807) is 17.7 Å². The van der Waals surface area contributed by atoms with Gasteiger partial charge in [0.05, 0.1) is 5.70 Å². The Morgan fingerprint density at radius 1 is 1.03 bits per heavy atom. The molecule has 0 spiro atoms. The number of para-hydroxylation sites is 1. The highest BCUT2D eigenvalue weighted by Gasteiger charge is 2.41. The maximum absolute atomic E-state index is 6.55. The van der Waals surface area contributed by atoms with E-state index >= 15 is 0 Å². The fraction of sp³-hybridized carbons (Fsp3) is 0.0909. The Bertz CT molecular complexity index is 1230. The molecule has 4 aromatic rings. The van der Waals surface area contributed by atoms with Crippen LogP contribution in [-0.2, 0) is 0 Å². The lowest BCUT2D eigenvalue weighted by Crippen LogP contribution is -2.32. The lowest BCUT2D eigenvalue weighted by atomic mass is 9.87. The van der Waals surface area contributed by atoms with Crippen LogP contribution >= 0.6 is 27.3 Å². The topological polar surface area (TPSA) is 52.0 Å². The van der Waals surface area contributed by atoms with E-state index < -0.39 is 0 Å². The molecule has 2 aromatic heterocycles. The van der Waals surface area contributed by atoms with E-state index in [2.05, 4.69) is 79.2 Å². The number of nitrogens with one attached hydrogen (secondary N) is 1. The first-order chi connectivity index (χ1) is 14.3. The molecule has 0 saturated heterocycles. The third-order valence-electron chi connectivity index (χ3n) is 5.31. The quantitative estimate of drug-likeness (QED) is 0.417. The third kappa shape index (κ3) is 2.65. The van der Waals surface area contributed by atoms with Crippen LogP contribution in [0, 0.1) is 0 Å². The average Bonchev–Trinajstić information content (AvgIpc) is 3.44. The van der Waals surface area contributed by atoms with Gasteiger partial charge in [0.25, 0.3) is 0 Å². The number of hydrogen-bond acceptors (Lipinski definition) is 5. The van der Waals surface area contributed by atoms with Crippen molar-refractivity contribution in [2.75, 3.05) is 5.32 Å². The number of benzene rings is 2. The molecule has 5 nitrogen and oxygen atoms in total. The number of fused-ring (bicyclic) bond motifs is 3. The normalized spacial score (nSPS) is 19.6. The second-order valence-electron chi connectivity index (χ2n) is 6.95. The van der Waals surface area contributed by atoms with Gasteiger partial charge in [-0.15, -0.1) is 11.3 Å². The summed E-state index contributed by atoms with van der Waals surface area (Å²) in [6, 6.07) is 20.6. The van der Waals surface area contributed by atoms with Crippen LogP contribution < -0.4 is 10.1 Å². The molecule has 0 fully saturated rings. The molecule has 2 atom stereocenters. The van der Waals surface area contributed by atoms with Crippen LogP contribution in [0.25, 0.3) is 5.70 Å².